The van der Waals surface area contributed by atoms with Crippen molar-refractivity contribution < 1.29 is 23.9 Å². The van der Waals surface area contributed by atoms with Gasteiger partial charge in [-0.05, 0) is 11.6 Å². The maximum absolute atomic E-state index is 12.2. The molecule has 0 bridgehead atoms. The number of benzene rings is 1. The van der Waals surface area contributed by atoms with E-state index in [0.717, 1.165) is 5.57 Å². The van der Waals surface area contributed by atoms with Gasteiger partial charge in [0.2, 0.25) is 0 Å². The second-order valence-electron chi connectivity index (χ2n) is 6.23. The molecule has 8 nitrogen and oxygen atoms in total. The molecule has 2 aliphatic heterocycles. The Morgan fingerprint density at radius 2 is 2.00 bits per heavy atom. The molecule has 8 heteroatoms. The highest BCUT2D eigenvalue weighted by Crippen LogP contribution is 2.45. The minimum Gasteiger partial charge on any atom is -0.448 e. The molecule has 1 amide bonds. The molecule has 0 unspecified atom stereocenters. The van der Waals surface area contributed by atoms with Gasteiger partial charge in [-0.3, -0.25) is 10.1 Å². The molecule has 2 aliphatic rings. The third-order valence-electron chi connectivity index (χ3n) is 4.47. The van der Waals surface area contributed by atoms with Crippen molar-refractivity contribution in [3.8, 4) is 11.5 Å². The molecule has 1 aromatic rings. The Balaban J connectivity index is 1.56. The van der Waals surface area contributed by atoms with E-state index < -0.39 is 16.8 Å². The van der Waals surface area contributed by atoms with Crippen LogP contribution in [-0.2, 0) is 4.74 Å². The van der Waals surface area contributed by atoms with Crippen LogP contribution in [0.3, 0.4) is 0 Å². The summed E-state index contributed by atoms with van der Waals surface area (Å²) in [6.45, 7) is 8.16. The standard InChI is InChI=1S/C19H20N2O6/c1-3-5-14(4-2)13-25-18(22)20-10-8-19(9-11-20)26-16-7-6-15(21(23)24)12-17(16)27-19/h3-7,12H,1-2,8-11,13H2/b14-5+. The van der Waals surface area contributed by atoms with Crippen LogP contribution in [0.4, 0.5) is 10.5 Å². The van der Waals surface area contributed by atoms with Gasteiger partial charge >= 0.3 is 6.09 Å². The topological polar surface area (TPSA) is 91.1 Å². The van der Waals surface area contributed by atoms with Gasteiger partial charge in [0.1, 0.15) is 6.61 Å². The Morgan fingerprint density at radius 3 is 2.63 bits per heavy atom. The van der Waals surface area contributed by atoms with Gasteiger partial charge in [-0.1, -0.05) is 31.4 Å². The normalized spacial score (nSPS) is 17.5. The van der Waals surface area contributed by atoms with Crippen LogP contribution in [0, 0.1) is 10.1 Å². The average Bonchev–Trinajstić information content (AvgIpc) is 3.02. The number of allylic oxidation sites excluding steroid dienone is 2. The second kappa shape index (κ2) is 7.53. The molecule has 27 heavy (non-hydrogen) atoms. The number of nitro benzene ring substituents is 1. The monoisotopic (exact) mass is 372 g/mol. The third-order valence-corrected chi connectivity index (χ3v) is 4.47. The second-order valence-corrected chi connectivity index (χ2v) is 6.23. The van der Waals surface area contributed by atoms with Gasteiger partial charge < -0.3 is 19.1 Å². The lowest BCUT2D eigenvalue weighted by atomic mass is 10.0. The van der Waals surface area contributed by atoms with E-state index in [2.05, 4.69) is 13.2 Å². The van der Waals surface area contributed by atoms with Crippen LogP contribution in [0.25, 0.3) is 0 Å². The number of carbonyl (C=O) groups is 1. The van der Waals surface area contributed by atoms with Crippen LogP contribution in [0.2, 0.25) is 0 Å². The summed E-state index contributed by atoms with van der Waals surface area (Å²) in [4.78, 5) is 24.2. The van der Waals surface area contributed by atoms with Crippen LogP contribution in [0.15, 0.2) is 55.2 Å². The van der Waals surface area contributed by atoms with E-state index in [4.69, 9.17) is 14.2 Å². The van der Waals surface area contributed by atoms with E-state index in [1.807, 2.05) is 0 Å². The number of carbonyl (C=O) groups excluding carboxylic acids is 1. The molecule has 1 fully saturated rings. The van der Waals surface area contributed by atoms with Crippen LogP contribution in [0.1, 0.15) is 12.8 Å². The van der Waals surface area contributed by atoms with Gasteiger partial charge in [-0.15, -0.1) is 0 Å². The summed E-state index contributed by atoms with van der Waals surface area (Å²) >= 11 is 0. The van der Waals surface area contributed by atoms with E-state index in [-0.39, 0.29) is 12.3 Å². The van der Waals surface area contributed by atoms with Crippen molar-refractivity contribution >= 4 is 11.8 Å². The Labute approximate surface area is 156 Å². The lowest BCUT2D eigenvalue weighted by Crippen LogP contribution is -2.51. The molecule has 0 N–H and O–H groups in total. The van der Waals surface area contributed by atoms with Gasteiger partial charge in [-0.25, -0.2) is 4.79 Å². The fourth-order valence-corrected chi connectivity index (χ4v) is 2.99. The van der Waals surface area contributed by atoms with Gasteiger partial charge in [0.25, 0.3) is 11.5 Å². The minimum absolute atomic E-state index is 0.0546. The summed E-state index contributed by atoms with van der Waals surface area (Å²) < 4.78 is 17.0. The third kappa shape index (κ3) is 3.94. The quantitative estimate of drug-likeness (QED) is 0.446. The number of nitro groups is 1. The van der Waals surface area contributed by atoms with Gasteiger partial charge in [0.15, 0.2) is 11.5 Å². The zero-order valence-electron chi connectivity index (χ0n) is 14.8. The predicted molar refractivity (Wildman–Crippen MR) is 97.7 cm³/mol. The van der Waals surface area contributed by atoms with Crippen molar-refractivity contribution in [3.05, 3.63) is 65.3 Å². The largest absolute Gasteiger partial charge is 0.448 e. The summed E-state index contributed by atoms with van der Waals surface area (Å²) in [5, 5.41) is 10.9. The molecule has 1 saturated heterocycles. The average molecular weight is 372 g/mol. The van der Waals surface area contributed by atoms with Crippen molar-refractivity contribution in [1.29, 1.82) is 0 Å². The smallest absolute Gasteiger partial charge is 0.410 e. The van der Waals surface area contributed by atoms with Crippen LogP contribution >= 0.6 is 0 Å². The zero-order valence-corrected chi connectivity index (χ0v) is 14.8. The van der Waals surface area contributed by atoms with Crippen LogP contribution in [0.5, 0.6) is 11.5 Å². The first kappa shape index (κ1) is 18.5. The number of hydrogen-bond donors (Lipinski definition) is 0. The fraction of sp³-hybridized carbons (Fsp3) is 0.316. The summed E-state index contributed by atoms with van der Waals surface area (Å²) in [5.74, 6) is -0.0733. The summed E-state index contributed by atoms with van der Waals surface area (Å²) in [6.07, 6.45) is 5.38. The Morgan fingerprint density at radius 1 is 1.30 bits per heavy atom. The molecule has 0 aliphatic carbocycles. The molecule has 2 heterocycles. The number of fused-ring (bicyclic) bond motifs is 1. The van der Waals surface area contributed by atoms with Gasteiger partial charge in [0, 0.05) is 32.0 Å². The van der Waals surface area contributed by atoms with Crippen molar-refractivity contribution in [3.63, 3.8) is 0 Å². The van der Waals surface area contributed by atoms with E-state index in [9.17, 15) is 14.9 Å². The highest BCUT2D eigenvalue weighted by molar-refractivity contribution is 5.68. The molecule has 0 saturated carbocycles. The first-order valence-electron chi connectivity index (χ1n) is 8.48. The van der Waals surface area contributed by atoms with Crippen molar-refractivity contribution in [2.24, 2.45) is 0 Å². The lowest BCUT2D eigenvalue weighted by Gasteiger charge is -2.36. The van der Waals surface area contributed by atoms with E-state index >= 15 is 0 Å². The first-order chi connectivity index (χ1) is 13.0. The van der Waals surface area contributed by atoms with E-state index in [1.165, 1.54) is 18.2 Å². The molecular formula is C19H20N2O6. The van der Waals surface area contributed by atoms with E-state index in [1.54, 1.807) is 23.1 Å². The Bertz CT molecular complexity index is 808. The number of nitrogens with zero attached hydrogens (tertiary/aromatic N) is 2. The number of amides is 1. The van der Waals surface area contributed by atoms with Gasteiger partial charge in [0.05, 0.1) is 11.0 Å². The summed E-state index contributed by atoms with van der Waals surface area (Å²) in [7, 11) is 0. The number of ether oxygens (including phenoxy) is 3. The van der Waals surface area contributed by atoms with Crippen molar-refractivity contribution in [2.45, 2.75) is 18.6 Å². The predicted octanol–water partition coefficient (Wildman–Crippen LogP) is 3.59. The molecule has 3 rings (SSSR count). The Kier molecular flexibility index (Phi) is 5.16. The van der Waals surface area contributed by atoms with Crippen molar-refractivity contribution in [2.75, 3.05) is 19.7 Å². The maximum atomic E-state index is 12.2. The highest BCUT2D eigenvalue weighted by atomic mass is 16.7. The molecule has 1 spiro atoms. The molecule has 0 aromatic heterocycles. The molecule has 1 aromatic carbocycles. The number of likely N-dealkylation sites (tertiary alicyclic amines) is 1. The summed E-state index contributed by atoms with van der Waals surface area (Å²) in [6, 6.07) is 4.26. The lowest BCUT2D eigenvalue weighted by molar-refractivity contribution is -0.384. The Hall–Kier alpha value is -3.29. The zero-order chi connectivity index (χ0) is 19.4. The SMILES string of the molecule is C=C/C=C(\C=C)COC(=O)N1CCC2(CC1)Oc1ccc([N+](=O)[O-])cc1O2. The van der Waals surface area contributed by atoms with Crippen LogP contribution in [-0.4, -0.2) is 41.4 Å². The van der Waals surface area contributed by atoms with Crippen LogP contribution < -0.4 is 9.47 Å². The first-order valence-corrected chi connectivity index (χ1v) is 8.48. The van der Waals surface area contributed by atoms with Crippen molar-refractivity contribution in [1.82, 2.24) is 4.90 Å². The maximum Gasteiger partial charge on any atom is 0.410 e. The minimum atomic E-state index is -0.899. The molecule has 0 atom stereocenters. The number of piperidine rings is 1. The molecular weight excluding hydrogens is 352 g/mol. The number of rotatable bonds is 5. The number of non-ortho nitro benzene ring substituents is 1. The highest BCUT2D eigenvalue weighted by Gasteiger charge is 2.45. The molecule has 0 radical (unpaired) electrons. The summed E-state index contributed by atoms with van der Waals surface area (Å²) in [5.41, 5.74) is 0.701. The van der Waals surface area contributed by atoms with Gasteiger partial charge in [-0.2, -0.15) is 0 Å². The number of hydrogen-bond acceptors (Lipinski definition) is 6. The van der Waals surface area contributed by atoms with E-state index in [0.29, 0.717) is 37.4 Å². The fourth-order valence-electron chi connectivity index (χ4n) is 2.99. The molecule has 142 valence electrons.